The predicted molar refractivity (Wildman–Crippen MR) is 112 cm³/mol. The number of piperidine rings is 1. The monoisotopic (exact) mass is 375 g/mol. The molecule has 2 fully saturated rings. The van der Waals surface area contributed by atoms with Crippen molar-refractivity contribution in [2.24, 2.45) is 0 Å². The Kier molecular flexibility index (Phi) is 5.31. The average Bonchev–Trinajstić information content (AvgIpc) is 3.56. The number of methoxy groups -OCH3 is 2. The number of ether oxygens (including phenoxy) is 2. The third kappa shape index (κ3) is 4.18. The van der Waals surface area contributed by atoms with Crippen LogP contribution in [0.3, 0.4) is 0 Å². The number of hydrogen-bond donors (Lipinski definition) is 0. The van der Waals surface area contributed by atoms with Crippen molar-refractivity contribution in [3.05, 3.63) is 70.8 Å². The van der Waals surface area contributed by atoms with Crippen LogP contribution in [0.5, 0.6) is 11.5 Å². The van der Waals surface area contributed by atoms with Gasteiger partial charge in [-0.1, -0.05) is 24.3 Å². The van der Waals surface area contributed by atoms with E-state index in [1.165, 1.54) is 12.8 Å². The highest BCUT2D eigenvalue weighted by atomic mass is 16.5. The molecule has 144 valence electrons. The fraction of sp³-hybridized carbons (Fsp3) is 0.292. The molecule has 1 heterocycles. The van der Waals surface area contributed by atoms with Crippen molar-refractivity contribution in [2.45, 2.75) is 18.9 Å². The molecule has 2 aromatic carbocycles. The fourth-order valence-corrected chi connectivity index (χ4v) is 3.63. The lowest BCUT2D eigenvalue weighted by Crippen LogP contribution is -2.39. The van der Waals surface area contributed by atoms with Gasteiger partial charge in [-0.25, -0.2) is 0 Å². The summed E-state index contributed by atoms with van der Waals surface area (Å²) in [6.07, 6.45) is 6.43. The summed E-state index contributed by atoms with van der Waals surface area (Å²) in [5.41, 5.74) is 3.64. The van der Waals surface area contributed by atoms with Crippen LogP contribution in [0.4, 0.5) is 0 Å². The Morgan fingerprint density at radius 3 is 1.79 bits per heavy atom. The van der Waals surface area contributed by atoms with Gasteiger partial charge in [0.05, 0.1) is 14.2 Å². The first-order valence-corrected chi connectivity index (χ1v) is 9.64. The highest BCUT2D eigenvalue weighted by molar-refractivity contribution is 6.14. The molecule has 0 radical (unpaired) electrons. The molecule has 1 aliphatic carbocycles. The molecule has 4 nitrogen and oxygen atoms in total. The maximum atomic E-state index is 13.2. The number of nitrogens with zero attached hydrogens (tertiary/aromatic N) is 1. The third-order valence-corrected chi connectivity index (χ3v) is 5.26. The van der Waals surface area contributed by atoms with Gasteiger partial charge in [-0.05, 0) is 60.4 Å². The second kappa shape index (κ2) is 8.03. The van der Waals surface area contributed by atoms with Crippen LogP contribution in [-0.2, 0) is 4.79 Å². The largest absolute Gasteiger partial charge is 0.497 e. The highest BCUT2D eigenvalue weighted by Gasteiger charge is 2.35. The van der Waals surface area contributed by atoms with Crippen LogP contribution in [0.2, 0.25) is 0 Å². The van der Waals surface area contributed by atoms with E-state index in [9.17, 15) is 4.79 Å². The van der Waals surface area contributed by atoms with Crippen molar-refractivity contribution in [2.75, 3.05) is 27.3 Å². The Morgan fingerprint density at radius 2 is 1.36 bits per heavy atom. The van der Waals surface area contributed by atoms with Gasteiger partial charge in [0, 0.05) is 30.3 Å². The summed E-state index contributed by atoms with van der Waals surface area (Å²) in [6, 6.07) is 16.2. The van der Waals surface area contributed by atoms with E-state index in [0.29, 0.717) is 19.1 Å². The van der Waals surface area contributed by atoms with Crippen LogP contribution in [0, 0.1) is 0 Å². The Labute approximate surface area is 166 Å². The number of ketones is 1. The highest BCUT2D eigenvalue weighted by Crippen LogP contribution is 2.33. The van der Waals surface area contributed by atoms with E-state index in [-0.39, 0.29) is 5.78 Å². The zero-order valence-electron chi connectivity index (χ0n) is 16.4. The molecule has 2 aromatic rings. The van der Waals surface area contributed by atoms with Gasteiger partial charge in [-0.2, -0.15) is 0 Å². The van der Waals surface area contributed by atoms with Gasteiger partial charge in [-0.3, -0.25) is 9.69 Å². The number of hydrogen-bond acceptors (Lipinski definition) is 4. The zero-order valence-corrected chi connectivity index (χ0v) is 16.4. The molecule has 0 unspecified atom stereocenters. The molecule has 4 heteroatoms. The molecular formula is C24H25NO3. The number of carbonyl (C=O) groups excluding carboxylic acids is 1. The van der Waals surface area contributed by atoms with Crippen molar-refractivity contribution in [1.82, 2.24) is 4.90 Å². The summed E-state index contributed by atoms with van der Waals surface area (Å²) in [7, 11) is 3.31. The number of Topliss-reactive ketones (excluding diaryl/α,β-unsaturated/α-hetero) is 1. The van der Waals surface area contributed by atoms with E-state index in [1.807, 2.05) is 60.7 Å². The summed E-state index contributed by atoms with van der Waals surface area (Å²) in [5.74, 6) is 1.72. The van der Waals surface area contributed by atoms with E-state index in [2.05, 4.69) is 4.90 Å². The number of carbonyl (C=O) groups is 1. The Balaban J connectivity index is 1.67. The number of benzene rings is 2. The van der Waals surface area contributed by atoms with Gasteiger partial charge in [0.2, 0.25) is 0 Å². The van der Waals surface area contributed by atoms with E-state index in [0.717, 1.165) is 33.8 Å². The first kappa shape index (κ1) is 18.5. The van der Waals surface area contributed by atoms with Crippen molar-refractivity contribution in [3.8, 4) is 11.5 Å². The topological polar surface area (TPSA) is 38.8 Å². The molecule has 2 aliphatic rings. The maximum absolute atomic E-state index is 13.2. The fourth-order valence-electron chi connectivity index (χ4n) is 3.63. The predicted octanol–water partition coefficient (Wildman–Crippen LogP) is 4.22. The zero-order chi connectivity index (χ0) is 19.5. The molecule has 0 atom stereocenters. The van der Waals surface area contributed by atoms with Crippen LogP contribution in [-0.4, -0.2) is 44.0 Å². The standard InChI is InChI=1S/C24H25NO3/c1-27-22-7-3-5-17(13-22)11-19-15-25(21-9-10-21)16-20(24(19)26)12-18-6-4-8-23(14-18)28-2/h3-8,11-14,21H,9-10,15-16H2,1-2H3. The molecule has 0 amide bonds. The normalized spacial score (nSPS) is 20.6. The summed E-state index contributed by atoms with van der Waals surface area (Å²) in [4.78, 5) is 15.6. The second-order valence-electron chi connectivity index (χ2n) is 7.36. The molecule has 0 spiro atoms. The molecule has 0 bridgehead atoms. The molecule has 1 aliphatic heterocycles. The molecule has 4 rings (SSSR count). The smallest absolute Gasteiger partial charge is 0.187 e. The molecular weight excluding hydrogens is 350 g/mol. The first-order valence-electron chi connectivity index (χ1n) is 9.64. The van der Waals surface area contributed by atoms with Crippen LogP contribution in [0.25, 0.3) is 12.2 Å². The van der Waals surface area contributed by atoms with Crippen molar-refractivity contribution >= 4 is 17.9 Å². The minimum Gasteiger partial charge on any atom is -0.497 e. The maximum Gasteiger partial charge on any atom is 0.187 e. The summed E-state index contributed by atoms with van der Waals surface area (Å²) in [5, 5.41) is 0. The lowest BCUT2D eigenvalue weighted by Gasteiger charge is -2.29. The van der Waals surface area contributed by atoms with Crippen molar-refractivity contribution in [1.29, 1.82) is 0 Å². The van der Waals surface area contributed by atoms with E-state index in [4.69, 9.17) is 9.47 Å². The molecule has 28 heavy (non-hydrogen) atoms. The Hall–Kier alpha value is -2.85. The minimum absolute atomic E-state index is 0.127. The van der Waals surface area contributed by atoms with E-state index >= 15 is 0 Å². The number of rotatable bonds is 5. The second-order valence-corrected chi connectivity index (χ2v) is 7.36. The van der Waals surface area contributed by atoms with Crippen LogP contribution < -0.4 is 9.47 Å². The van der Waals surface area contributed by atoms with Gasteiger partial charge in [0.1, 0.15) is 11.5 Å². The van der Waals surface area contributed by atoms with Crippen molar-refractivity contribution < 1.29 is 14.3 Å². The SMILES string of the molecule is COc1cccc(C=C2CN(C3CC3)CC(=Cc3cccc(OC)c3)C2=O)c1. The average molecular weight is 375 g/mol. The number of likely N-dealkylation sites (tertiary alicyclic amines) is 1. The summed E-state index contributed by atoms with van der Waals surface area (Å²) >= 11 is 0. The van der Waals surface area contributed by atoms with Gasteiger partial charge in [0.15, 0.2) is 5.78 Å². The summed E-state index contributed by atoms with van der Waals surface area (Å²) < 4.78 is 10.6. The summed E-state index contributed by atoms with van der Waals surface area (Å²) in [6.45, 7) is 1.41. The van der Waals surface area contributed by atoms with Gasteiger partial charge in [-0.15, -0.1) is 0 Å². The Morgan fingerprint density at radius 1 is 0.857 bits per heavy atom. The van der Waals surface area contributed by atoms with Gasteiger partial charge < -0.3 is 9.47 Å². The molecule has 1 saturated heterocycles. The minimum atomic E-state index is 0.127. The van der Waals surface area contributed by atoms with Crippen LogP contribution in [0.15, 0.2) is 59.7 Å². The first-order chi connectivity index (χ1) is 13.7. The molecule has 1 saturated carbocycles. The van der Waals surface area contributed by atoms with Crippen molar-refractivity contribution in [3.63, 3.8) is 0 Å². The van der Waals surface area contributed by atoms with E-state index < -0.39 is 0 Å². The van der Waals surface area contributed by atoms with E-state index in [1.54, 1.807) is 14.2 Å². The molecule has 0 aromatic heterocycles. The molecule has 0 N–H and O–H groups in total. The van der Waals surface area contributed by atoms with Gasteiger partial charge in [0.25, 0.3) is 0 Å². The quantitative estimate of drug-likeness (QED) is 0.734. The Bertz CT molecular complexity index is 871. The third-order valence-electron chi connectivity index (χ3n) is 5.26. The lowest BCUT2D eigenvalue weighted by atomic mass is 9.94. The van der Waals surface area contributed by atoms with Crippen LogP contribution >= 0.6 is 0 Å². The van der Waals surface area contributed by atoms with Crippen LogP contribution in [0.1, 0.15) is 24.0 Å². The van der Waals surface area contributed by atoms with Gasteiger partial charge >= 0.3 is 0 Å². The lowest BCUT2D eigenvalue weighted by molar-refractivity contribution is -0.113.